The van der Waals surface area contributed by atoms with Gasteiger partial charge in [0.15, 0.2) is 0 Å². The summed E-state index contributed by atoms with van der Waals surface area (Å²) in [5, 5.41) is 6.40. The normalized spacial score (nSPS) is 13.2. The molecule has 0 saturated carbocycles. The Labute approximate surface area is 158 Å². The van der Waals surface area contributed by atoms with Gasteiger partial charge in [-0.25, -0.2) is 4.79 Å². The number of thiophene rings is 1. The Morgan fingerprint density at radius 3 is 2.33 bits per heavy atom. The third-order valence-corrected chi connectivity index (χ3v) is 4.54. The summed E-state index contributed by atoms with van der Waals surface area (Å²) in [6.07, 6.45) is 1.64. The van der Waals surface area contributed by atoms with Crippen LogP contribution < -0.4 is 20.6 Å². The molecule has 2 aromatic rings. The highest BCUT2D eigenvalue weighted by molar-refractivity contribution is 7.81. The fourth-order valence-corrected chi connectivity index (χ4v) is 3.24. The predicted molar refractivity (Wildman–Crippen MR) is 95.0 cm³/mol. The molecule has 27 heavy (non-hydrogen) atoms. The maximum absolute atomic E-state index is 12.5. The number of hydrogen-bond acceptors (Lipinski definition) is 7. The highest BCUT2D eigenvalue weighted by Crippen LogP contribution is 2.22. The van der Waals surface area contributed by atoms with Gasteiger partial charge < -0.3 is 20.6 Å². The Morgan fingerprint density at radius 2 is 1.85 bits per heavy atom. The summed E-state index contributed by atoms with van der Waals surface area (Å²) < 4.78 is 34.2. The van der Waals surface area contributed by atoms with Crippen LogP contribution in [0.3, 0.4) is 0 Å². The number of nitrogens with one attached hydrogen (secondary N) is 2. The molecule has 0 bridgehead atoms. The highest BCUT2D eigenvalue weighted by atomic mass is 32.3. The third kappa shape index (κ3) is 6.06. The number of rotatable bonds is 8. The van der Waals surface area contributed by atoms with Crippen molar-refractivity contribution in [2.45, 2.75) is 12.1 Å². The molecule has 0 spiro atoms. The smallest absolute Gasteiger partial charge is 0.362 e. The van der Waals surface area contributed by atoms with E-state index in [0.29, 0.717) is 4.88 Å². The number of nitrogens with two attached hydrogens (primary N) is 1. The number of benzene rings is 1. The maximum atomic E-state index is 12.5. The summed E-state index contributed by atoms with van der Waals surface area (Å²) in [5.74, 6) is -0.882. The topological polar surface area (TPSA) is 165 Å². The molecule has 10 nitrogen and oxygen atoms in total. The van der Waals surface area contributed by atoms with Crippen LogP contribution in [0.2, 0.25) is 0 Å². The first-order valence-corrected chi connectivity index (χ1v) is 9.48. The van der Waals surface area contributed by atoms with E-state index in [9.17, 15) is 22.8 Å². The second kappa shape index (κ2) is 8.62. The highest BCUT2D eigenvalue weighted by Gasteiger charge is 2.26. The van der Waals surface area contributed by atoms with Crippen LogP contribution in [0, 0.1) is 0 Å². The molecule has 0 saturated heterocycles. The molecule has 143 valence electrons. The van der Waals surface area contributed by atoms with Gasteiger partial charge in [-0.3, -0.25) is 14.1 Å². The van der Waals surface area contributed by atoms with Crippen LogP contribution in [0.5, 0.6) is 5.75 Å². The van der Waals surface area contributed by atoms with Crippen molar-refractivity contribution < 1.29 is 31.5 Å². The Hall–Kier alpha value is -2.96. The molecule has 0 aliphatic heterocycles. The Kier molecular flexibility index (Phi) is 6.50. The monoisotopic (exact) mass is 412 g/mol. The number of amides is 3. The summed E-state index contributed by atoms with van der Waals surface area (Å²) in [4.78, 5) is 35.4. The van der Waals surface area contributed by atoms with E-state index in [1.165, 1.54) is 35.6 Å². The first kappa shape index (κ1) is 20.4. The Morgan fingerprint density at radius 1 is 1.19 bits per heavy atom. The number of urea groups is 1. The second-order valence-electron chi connectivity index (χ2n) is 5.10. The van der Waals surface area contributed by atoms with E-state index in [-0.39, 0.29) is 11.3 Å². The molecule has 2 rings (SSSR count). The van der Waals surface area contributed by atoms with Crippen molar-refractivity contribution in [2.75, 3.05) is 0 Å². The van der Waals surface area contributed by atoms with Crippen molar-refractivity contribution in [3.05, 3.63) is 52.2 Å². The molecule has 1 aromatic carbocycles. The van der Waals surface area contributed by atoms with Gasteiger partial charge in [-0.1, -0.05) is 18.2 Å². The minimum absolute atomic E-state index is 0.191. The first-order valence-electron chi connectivity index (χ1n) is 7.24. The van der Waals surface area contributed by atoms with E-state index in [4.69, 9.17) is 10.3 Å². The summed E-state index contributed by atoms with van der Waals surface area (Å²) in [6.45, 7) is 0. The second-order valence-corrected chi connectivity index (χ2v) is 7.10. The molecular weight excluding hydrogens is 398 g/mol. The fourth-order valence-electron chi connectivity index (χ4n) is 2.11. The van der Waals surface area contributed by atoms with E-state index in [1.54, 1.807) is 23.8 Å². The lowest BCUT2D eigenvalue weighted by molar-refractivity contribution is -0.123. The van der Waals surface area contributed by atoms with Gasteiger partial charge in [-0.05, 0) is 29.1 Å². The lowest BCUT2D eigenvalue weighted by Gasteiger charge is -2.19. The number of hydrogen-bond donors (Lipinski definition) is 4. The standard InChI is InChI=1S/C15H14N3O7S2/c16-15(21)18-13(12-2-1-7-26-12)14(20)17-11(8-19)9-3-5-10(6-4-9)25-27(22,23)24/h1-7,11,13H,(H,17,20)(H3,16,18,21)(H,22,23,24). The molecule has 1 heterocycles. The average molecular weight is 412 g/mol. The van der Waals surface area contributed by atoms with Crippen LogP contribution in [0.25, 0.3) is 0 Å². The zero-order chi connectivity index (χ0) is 20.0. The largest absolute Gasteiger partial charge is 0.446 e. The molecule has 0 fully saturated rings. The van der Waals surface area contributed by atoms with E-state index in [2.05, 4.69) is 14.8 Å². The quantitative estimate of drug-likeness (QED) is 0.461. The van der Waals surface area contributed by atoms with E-state index < -0.39 is 34.4 Å². The first-order chi connectivity index (χ1) is 12.7. The van der Waals surface area contributed by atoms with Gasteiger partial charge in [0.25, 0.3) is 0 Å². The average Bonchev–Trinajstić information content (AvgIpc) is 3.11. The molecule has 0 aliphatic carbocycles. The van der Waals surface area contributed by atoms with Gasteiger partial charge in [-0.15, -0.1) is 11.3 Å². The zero-order valence-corrected chi connectivity index (χ0v) is 15.1. The number of carbonyl (C=O) groups is 2. The number of primary amides is 1. The van der Waals surface area contributed by atoms with Crippen LogP contribution in [0.4, 0.5) is 4.79 Å². The molecular formula is C15H14N3O7S2. The minimum atomic E-state index is -4.68. The molecule has 5 N–H and O–H groups in total. The van der Waals surface area contributed by atoms with Crippen LogP contribution >= 0.6 is 11.3 Å². The molecule has 2 atom stereocenters. The van der Waals surface area contributed by atoms with Crippen molar-refractivity contribution in [2.24, 2.45) is 5.73 Å². The van der Waals surface area contributed by atoms with Gasteiger partial charge in [0.2, 0.25) is 12.2 Å². The van der Waals surface area contributed by atoms with Crippen LogP contribution in [0.1, 0.15) is 22.5 Å². The maximum Gasteiger partial charge on any atom is 0.446 e. The lowest BCUT2D eigenvalue weighted by Crippen LogP contribution is -2.43. The van der Waals surface area contributed by atoms with Gasteiger partial charge in [0.05, 0.1) is 0 Å². The molecule has 1 radical (unpaired) electrons. The Bertz CT molecular complexity index is 911. The summed E-state index contributed by atoms with van der Waals surface area (Å²) in [5.41, 5.74) is 5.36. The lowest BCUT2D eigenvalue weighted by atomic mass is 10.1. The molecule has 12 heteroatoms. The van der Waals surface area contributed by atoms with Crippen molar-refractivity contribution >= 4 is 40.0 Å². The van der Waals surface area contributed by atoms with Crippen molar-refractivity contribution in [1.29, 1.82) is 0 Å². The molecule has 0 aliphatic rings. The van der Waals surface area contributed by atoms with Gasteiger partial charge in [0.1, 0.15) is 17.8 Å². The molecule has 1 aromatic heterocycles. The van der Waals surface area contributed by atoms with Gasteiger partial charge in [0, 0.05) is 4.88 Å². The summed E-state index contributed by atoms with van der Waals surface area (Å²) in [6, 6.07) is 5.05. The predicted octanol–water partition coefficient (Wildman–Crippen LogP) is 0.606. The van der Waals surface area contributed by atoms with Gasteiger partial charge in [-0.2, -0.15) is 8.42 Å². The zero-order valence-electron chi connectivity index (χ0n) is 13.5. The van der Waals surface area contributed by atoms with E-state index in [1.807, 2.05) is 0 Å². The molecule has 2 unspecified atom stereocenters. The van der Waals surface area contributed by atoms with E-state index >= 15 is 0 Å². The molecule has 3 amide bonds. The third-order valence-electron chi connectivity index (χ3n) is 3.20. The van der Waals surface area contributed by atoms with E-state index in [0.717, 1.165) is 0 Å². The summed E-state index contributed by atoms with van der Waals surface area (Å²) >= 11 is 1.21. The SMILES string of the molecule is NC(=O)NC(C(=O)NC([C]=O)c1ccc(OS(=O)(=O)O)cc1)c1cccs1. The Balaban J connectivity index is 2.16. The van der Waals surface area contributed by atoms with Crippen molar-refractivity contribution in [1.82, 2.24) is 10.6 Å². The summed E-state index contributed by atoms with van der Waals surface area (Å²) in [7, 11) is -4.68. The fraction of sp³-hybridized carbons (Fsp3) is 0.133. The van der Waals surface area contributed by atoms with Crippen molar-refractivity contribution in [3.63, 3.8) is 0 Å². The van der Waals surface area contributed by atoms with Crippen molar-refractivity contribution in [3.8, 4) is 5.75 Å². The van der Waals surface area contributed by atoms with Gasteiger partial charge >= 0.3 is 16.4 Å². The van der Waals surface area contributed by atoms with Crippen LogP contribution in [-0.4, -0.2) is 31.2 Å². The minimum Gasteiger partial charge on any atom is -0.362 e. The van der Waals surface area contributed by atoms with Crippen LogP contribution in [0.15, 0.2) is 41.8 Å². The number of carbonyl (C=O) groups excluding carboxylic acids is 3. The van der Waals surface area contributed by atoms with Crippen LogP contribution in [-0.2, 0) is 20.0 Å².